The second-order valence-electron chi connectivity index (χ2n) is 1.67. The summed E-state index contributed by atoms with van der Waals surface area (Å²) in [6.07, 6.45) is 0. The van der Waals surface area contributed by atoms with Gasteiger partial charge in [0, 0.05) is 16.9 Å². The largest absolute Gasteiger partial charge is 0.412 e. The maximum absolute atomic E-state index is 12.3. The van der Waals surface area contributed by atoms with Gasteiger partial charge < -0.3 is 10.0 Å². The van der Waals surface area contributed by atoms with E-state index in [0.717, 1.165) is 12.1 Å². The fourth-order valence-corrected chi connectivity index (χ4v) is 0.819. The van der Waals surface area contributed by atoms with Gasteiger partial charge in [0.05, 0.1) is 0 Å². The van der Waals surface area contributed by atoms with Crippen LogP contribution in [0.4, 0.5) is 8.78 Å². The molecule has 6 heteroatoms. The lowest BCUT2D eigenvalue weighted by molar-refractivity contribution is 0.505. The molecule has 1 aromatic carbocycles. The number of benzene rings is 1. The van der Waals surface area contributed by atoms with Crippen molar-refractivity contribution < 1.29 is 18.8 Å². The lowest BCUT2D eigenvalue weighted by atomic mass is 10.3. The summed E-state index contributed by atoms with van der Waals surface area (Å²) in [6, 6.07) is 3.19. The van der Waals surface area contributed by atoms with E-state index in [1.807, 2.05) is 0 Å². The van der Waals surface area contributed by atoms with E-state index in [9.17, 15) is 8.78 Å². The van der Waals surface area contributed by atoms with Gasteiger partial charge in [0.15, 0.2) is 11.6 Å². The van der Waals surface area contributed by atoms with Crippen LogP contribution in [-0.4, -0.2) is 10.0 Å². The molecule has 2 nitrogen and oxygen atoms in total. The molecule has 1 rings (SSSR count). The summed E-state index contributed by atoms with van der Waals surface area (Å²) >= 11 is 0.385. The van der Waals surface area contributed by atoms with Crippen molar-refractivity contribution in [3.05, 3.63) is 29.8 Å². The number of halogens is 3. The molecule has 0 aliphatic heterocycles. The molecule has 0 spiro atoms. The maximum Gasteiger partial charge on any atom is 0.160 e. The van der Waals surface area contributed by atoms with Gasteiger partial charge in [0.1, 0.15) is 0 Å². The first-order valence-electron chi connectivity index (χ1n) is 2.50. The molecular weight excluding hydrogens is 210 g/mol. The van der Waals surface area contributed by atoms with E-state index < -0.39 is 11.6 Å². The zero-order valence-electron chi connectivity index (χ0n) is 5.75. The average Bonchev–Trinajstić information content (AvgIpc) is 1.95. The third-order valence-corrected chi connectivity index (χ3v) is 1.46. The predicted octanol–water partition coefficient (Wildman–Crippen LogP) is 2.13. The van der Waals surface area contributed by atoms with Crippen molar-refractivity contribution in [1.29, 1.82) is 0 Å². The van der Waals surface area contributed by atoms with Gasteiger partial charge in [-0.25, -0.2) is 8.78 Å². The Morgan fingerprint density at radius 3 is 2.17 bits per heavy atom. The summed E-state index contributed by atoms with van der Waals surface area (Å²) in [4.78, 5) is 0.291. The zero-order valence-corrected chi connectivity index (χ0v) is 7.38. The standard InChI is InChI=1S/C6H4F2OS.ClH.H2O/c7-5-2-1-4(10-9)3-6(5)8;;/h1-3,9H;1H;1H2. The molecule has 0 aliphatic rings. The van der Waals surface area contributed by atoms with Gasteiger partial charge in [-0.05, 0) is 18.2 Å². The summed E-state index contributed by atoms with van der Waals surface area (Å²) in [5, 5.41) is 0. The van der Waals surface area contributed by atoms with Crippen molar-refractivity contribution >= 4 is 24.4 Å². The maximum atomic E-state index is 12.3. The Labute approximate surface area is 78.5 Å². The molecular formula is C6H7ClF2O2S. The molecule has 0 aromatic heterocycles. The molecule has 0 atom stereocenters. The minimum atomic E-state index is -0.945. The van der Waals surface area contributed by atoms with Gasteiger partial charge in [-0.15, -0.1) is 12.4 Å². The van der Waals surface area contributed by atoms with E-state index in [1.165, 1.54) is 6.07 Å². The summed E-state index contributed by atoms with van der Waals surface area (Å²) < 4.78 is 32.8. The first-order chi connectivity index (χ1) is 4.74. The number of hydrogen-bond donors (Lipinski definition) is 1. The van der Waals surface area contributed by atoms with Crippen LogP contribution in [0.2, 0.25) is 0 Å². The average molecular weight is 217 g/mol. The first kappa shape index (κ1) is 14.2. The summed E-state index contributed by atoms with van der Waals surface area (Å²) in [6.45, 7) is 0. The third kappa shape index (κ3) is 3.36. The van der Waals surface area contributed by atoms with E-state index in [0.29, 0.717) is 16.9 Å². The highest BCUT2D eigenvalue weighted by Gasteiger charge is 2.00. The molecule has 70 valence electrons. The molecule has 0 saturated heterocycles. The molecule has 3 N–H and O–H groups in total. The first-order valence-corrected chi connectivity index (χ1v) is 3.28. The Morgan fingerprint density at radius 1 is 1.17 bits per heavy atom. The fourth-order valence-electron chi connectivity index (χ4n) is 0.534. The van der Waals surface area contributed by atoms with Crippen LogP contribution in [0.3, 0.4) is 0 Å². The Balaban J connectivity index is 0. The quantitative estimate of drug-likeness (QED) is 0.732. The molecule has 0 unspecified atom stereocenters. The summed E-state index contributed by atoms with van der Waals surface area (Å²) in [5.74, 6) is -1.85. The molecule has 12 heavy (non-hydrogen) atoms. The van der Waals surface area contributed by atoms with Gasteiger partial charge >= 0.3 is 0 Å². The van der Waals surface area contributed by atoms with Crippen LogP contribution in [0.25, 0.3) is 0 Å². The van der Waals surface area contributed by atoms with Gasteiger partial charge in [-0.2, -0.15) is 0 Å². The van der Waals surface area contributed by atoms with Crippen molar-refractivity contribution in [2.24, 2.45) is 0 Å². The Hall–Kier alpha value is -0.360. The summed E-state index contributed by atoms with van der Waals surface area (Å²) in [7, 11) is 0. The van der Waals surface area contributed by atoms with Crippen molar-refractivity contribution in [3.8, 4) is 0 Å². The lowest BCUT2D eigenvalue weighted by Crippen LogP contribution is -1.82. The topological polar surface area (TPSA) is 51.7 Å². The lowest BCUT2D eigenvalue weighted by Gasteiger charge is -1.93. The third-order valence-electron chi connectivity index (χ3n) is 0.996. The van der Waals surface area contributed by atoms with Crippen LogP contribution in [0.1, 0.15) is 0 Å². The molecule has 0 saturated carbocycles. The van der Waals surface area contributed by atoms with Crippen molar-refractivity contribution in [2.45, 2.75) is 4.90 Å². The number of rotatable bonds is 1. The molecule has 0 bridgehead atoms. The smallest absolute Gasteiger partial charge is 0.160 e. The minimum absolute atomic E-state index is 0. The van der Waals surface area contributed by atoms with Crippen molar-refractivity contribution in [3.63, 3.8) is 0 Å². The van der Waals surface area contributed by atoms with Crippen LogP contribution < -0.4 is 0 Å². The summed E-state index contributed by atoms with van der Waals surface area (Å²) in [5.41, 5.74) is 0. The second kappa shape index (κ2) is 6.19. The van der Waals surface area contributed by atoms with E-state index >= 15 is 0 Å². The van der Waals surface area contributed by atoms with E-state index in [4.69, 9.17) is 4.55 Å². The SMILES string of the molecule is Cl.O.OSc1ccc(F)c(F)c1. The normalized spacial score (nSPS) is 8.25. The fraction of sp³-hybridized carbons (Fsp3) is 0. The Bertz CT molecular complexity index is 247. The highest BCUT2D eigenvalue weighted by Crippen LogP contribution is 2.16. The zero-order chi connectivity index (χ0) is 7.56. The molecule has 0 fully saturated rings. The van der Waals surface area contributed by atoms with Gasteiger partial charge in [-0.1, -0.05) is 0 Å². The van der Waals surface area contributed by atoms with Crippen LogP contribution in [0.5, 0.6) is 0 Å². The van der Waals surface area contributed by atoms with E-state index in [2.05, 4.69) is 0 Å². The van der Waals surface area contributed by atoms with Crippen LogP contribution >= 0.6 is 24.4 Å². The molecule has 0 heterocycles. The molecule has 0 aliphatic carbocycles. The predicted molar refractivity (Wildman–Crippen MR) is 45.7 cm³/mol. The number of hydrogen-bond acceptors (Lipinski definition) is 2. The molecule has 0 amide bonds. The van der Waals surface area contributed by atoms with Crippen LogP contribution in [-0.2, 0) is 0 Å². The van der Waals surface area contributed by atoms with Crippen LogP contribution in [0.15, 0.2) is 23.1 Å². The van der Waals surface area contributed by atoms with Gasteiger partial charge in [-0.3, -0.25) is 0 Å². The molecule has 1 aromatic rings. The Kier molecular flexibility index (Phi) is 7.31. The highest BCUT2D eigenvalue weighted by molar-refractivity contribution is 7.93. The van der Waals surface area contributed by atoms with Gasteiger partial charge in [0.25, 0.3) is 0 Å². The van der Waals surface area contributed by atoms with Gasteiger partial charge in [0.2, 0.25) is 0 Å². The van der Waals surface area contributed by atoms with E-state index in [1.54, 1.807) is 0 Å². The minimum Gasteiger partial charge on any atom is -0.412 e. The Morgan fingerprint density at radius 2 is 1.75 bits per heavy atom. The van der Waals surface area contributed by atoms with Crippen LogP contribution in [0, 0.1) is 11.6 Å². The molecule has 0 radical (unpaired) electrons. The second-order valence-corrected chi connectivity index (χ2v) is 2.32. The highest BCUT2D eigenvalue weighted by atomic mass is 35.5. The monoisotopic (exact) mass is 216 g/mol. The van der Waals surface area contributed by atoms with Crippen molar-refractivity contribution in [1.82, 2.24) is 0 Å². The van der Waals surface area contributed by atoms with Crippen molar-refractivity contribution in [2.75, 3.05) is 0 Å². The van der Waals surface area contributed by atoms with E-state index in [-0.39, 0.29) is 17.9 Å².